The summed E-state index contributed by atoms with van der Waals surface area (Å²) in [7, 11) is 0. The Balaban J connectivity index is 1.24. The highest BCUT2D eigenvalue weighted by Crippen LogP contribution is 2.91. The van der Waals surface area contributed by atoms with Gasteiger partial charge in [-0.2, -0.15) is 0 Å². The molecule has 5 saturated carbocycles. The maximum absolute atomic E-state index is 13.1. The Morgan fingerprint density at radius 1 is 1.00 bits per heavy atom. The number of hydrogen-bond donors (Lipinski definition) is 1. The van der Waals surface area contributed by atoms with Crippen molar-refractivity contribution in [3.8, 4) is 0 Å². The molecule has 2 heterocycles. The third kappa shape index (κ3) is 2.91. The number of aliphatic hydroxyl groups excluding tert-OH is 1. The predicted octanol–water partition coefficient (Wildman–Crippen LogP) is 5.44. The van der Waals surface area contributed by atoms with E-state index in [1.54, 1.807) is 6.92 Å². The van der Waals surface area contributed by atoms with E-state index < -0.39 is 6.29 Å². The van der Waals surface area contributed by atoms with E-state index in [2.05, 4.69) is 41.5 Å². The second kappa shape index (κ2) is 7.45. The summed E-state index contributed by atoms with van der Waals surface area (Å²) in [5, 5.41) is 11.2. The van der Waals surface area contributed by atoms with Crippen LogP contribution in [-0.2, 0) is 23.8 Å². The van der Waals surface area contributed by atoms with Crippen LogP contribution in [0, 0.1) is 50.7 Å². The SMILES string of the molecule is CC(=O)OC1CC2C(C)(C)C(=O)CCC2(C)C2CCC34CC3(CCC4C3CC(C4OC4(C)C)OC3O)C12C. The van der Waals surface area contributed by atoms with Crippen LogP contribution < -0.4 is 0 Å². The smallest absolute Gasteiger partial charge is 0.302 e. The van der Waals surface area contributed by atoms with Crippen molar-refractivity contribution >= 4 is 11.8 Å². The molecule has 7 fully saturated rings. The number of ketones is 1. The number of fused-ring (bicyclic) bond motifs is 3. The summed E-state index contributed by atoms with van der Waals surface area (Å²) in [6.45, 7) is 15.0. The van der Waals surface area contributed by atoms with E-state index in [0.717, 1.165) is 38.5 Å². The van der Waals surface area contributed by atoms with Crippen LogP contribution >= 0.6 is 0 Å². The summed E-state index contributed by atoms with van der Waals surface area (Å²) in [5.74, 6) is 1.42. The number of hydrogen-bond acceptors (Lipinski definition) is 6. The molecule has 7 aliphatic rings. The first-order valence-corrected chi connectivity index (χ1v) is 15.4. The minimum atomic E-state index is -0.719. The molecule has 2 saturated heterocycles. The lowest BCUT2D eigenvalue weighted by atomic mass is 9.37. The van der Waals surface area contributed by atoms with Crippen molar-refractivity contribution in [3.63, 3.8) is 0 Å². The van der Waals surface area contributed by atoms with Crippen molar-refractivity contribution in [2.75, 3.05) is 0 Å². The van der Waals surface area contributed by atoms with Crippen molar-refractivity contribution in [1.82, 2.24) is 0 Å². The number of esters is 1. The molecule has 0 amide bonds. The molecular formula is C32H48O6. The molecule has 0 radical (unpaired) electrons. The van der Waals surface area contributed by atoms with Gasteiger partial charge in [0.05, 0.1) is 11.7 Å². The van der Waals surface area contributed by atoms with Gasteiger partial charge in [0.25, 0.3) is 0 Å². The van der Waals surface area contributed by atoms with Gasteiger partial charge in [0.2, 0.25) is 0 Å². The molecule has 0 aromatic carbocycles. The van der Waals surface area contributed by atoms with Crippen molar-refractivity contribution in [2.24, 2.45) is 50.7 Å². The molecule has 5 aliphatic carbocycles. The highest BCUT2D eigenvalue weighted by molar-refractivity contribution is 5.85. The molecule has 12 unspecified atom stereocenters. The van der Waals surface area contributed by atoms with E-state index in [-0.39, 0.29) is 68.8 Å². The number of aliphatic hydroxyl groups is 1. The highest BCUT2D eigenvalue weighted by Gasteiger charge is 2.86. The van der Waals surface area contributed by atoms with E-state index in [1.165, 1.54) is 12.8 Å². The van der Waals surface area contributed by atoms with Crippen molar-refractivity contribution in [2.45, 2.75) is 136 Å². The minimum Gasteiger partial charge on any atom is -0.462 e. The molecule has 1 N–H and O–H groups in total. The van der Waals surface area contributed by atoms with E-state index in [4.69, 9.17) is 14.2 Å². The Labute approximate surface area is 227 Å². The first-order chi connectivity index (χ1) is 17.6. The standard InChI is InChI=1S/C32H48O6/c1-17(33)36-24-15-22-27(2,3)23(34)10-11-29(22,6)21-9-12-31-16-32(31,30(21,24)7)13-8-19(31)18-14-20(37-26(18)35)25-28(4,5)38-25/h18-22,24-26,35H,8-16H2,1-7H3. The number of carbonyl (C=O) groups is 2. The monoisotopic (exact) mass is 528 g/mol. The Kier molecular flexibility index (Phi) is 5.09. The molecule has 38 heavy (non-hydrogen) atoms. The Morgan fingerprint density at radius 2 is 1.71 bits per heavy atom. The average Bonchev–Trinajstić information content (AvgIpc) is 3.57. The summed E-state index contributed by atoms with van der Waals surface area (Å²) in [6, 6.07) is 0. The van der Waals surface area contributed by atoms with Crippen LogP contribution in [0.25, 0.3) is 0 Å². The van der Waals surface area contributed by atoms with Crippen molar-refractivity contribution < 1.29 is 28.9 Å². The van der Waals surface area contributed by atoms with Gasteiger partial charge in [-0.3, -0.25) is 9.59 Å². The van der Waals surface area contributed by atoms with Gasteiger partial charge in [0, 0.05) is 30.1 Å². The molecule has 0 spiro atoms. The highest BCUT2D eigenvalue weighted by atomic mass is 16.7. The molecular weight excluding hydrogens is 480 g/mol. The fourth-order valence-electron chi connectivity index (χ4n) is 12.5. The summed E-state index contributed by atoms with van der Waals surface area (Å²) >= 11 is 0. The summed E-state index contributed by atoms with van der Waals surface area (Å²) in [6.07, 6.45) is 8.20. The topological polar surface area (TPSA) is 85.4 Å². The van der Waals surface area contributed by atoms with Crippen LogP contribution in [0.3, 0.4) is 0 Å². The number of rotatable bonds is 3. The molecule has 0 aromatic rings. The van der Waals surface area contributed by atoms with Crippen LogP contribution in [0.1, 0.15) is 106 Å². The van der Waals surface area contributed by atoms with Crippen LogP contribution in [-0.4, -0.2) is 47.1 Å². The van der Waals surface area contributed by atoms with E-state index >= 15 is 0 Å². The van der Waals surface area contributed by atoms with Gasteiger partial charge < -0.3 is 19.3 Å². The molecule has 0 aromatic heterocycles. The van der Waals surface area contributed by atoms with Crippen LogP contribution in [0.4, 0.5) is 0 Å². The van der Waals surface area contributed by atoms with Crippen molar-refractivity contribution in [1.29, 1.82) is 0 Å². The average molecular weight is 529 g/mol. The lowest BCUT2D eigenvalue weighted by Crippen LogP contribution is -2.66. The molecule has 6 nitrogen and oxygen atoms in total. The van der Waals surface area contributed by atoms with E-state index in [0.29, 0.717) is 24.0 Å². The fourth-order valence-corrected chi connectivity index (χ4v) is 12.5. The summed E-state index contributed by atoms with van der Waals surface area (Å²) in [4.78, 5) is 25.6. The van der Waals surface area contributed by atoms with Crippen LogP contribution in [0.5, 0.6) is 0 Å². The van der Waals surface area contributed by atoms with Gasteiger partial charge in [-0.05, 0) is 99.2 Å². The van der Waals surface area contributed by atoms with Crippen LogP contribution in [0.2, 0.25) is 0 Å². The molecule has 0 bridgehead atoms. The third-order valence-electron chi connectivity index (χ3n) is 14.3. The van der Waals surface area contributed by atoms with Crippen LogP contribution in [0.15, 0.2) is 0 Å². The second-order valence-corrected chi connectivity index (χ2v) is 16.1. The summed E-state index contributed by atoms with van der Waals surface area (Å²) in [5.41, 5.74) is -0.245. The Morgan fingerprint density at radius 3 is 2.37 bits per heavy atom. The zero-order valence-corrected chi connectivity index (χ0v) is 24.5. The lowest BCUT2D eigenvalue weighted by molar-refractivity contribution is -0.233. The quantitative estimate of drug-likeness (QED) is 0.388. The molecule has 6 heteroatoms. The number of ether oxygens (including phenoxy) is 3. The van der Waals surface area contributed by atoms with Gasteiger partial charge in [0.1, 0.15) is 18.0 Å². The zero-order chi connectivity index (χ0) is 27.3. The van der Waals surface area contributed by atoms with E-state index in [9.17, 15) is 14.7 Å². The lowest BCUT2D eigenvalue weighted by Gasteiger charge is -2.67. The zero-order valence-electron chi connectivity index (χ0n) is 24.5. The predicted molar refractivity (Wildman–Crippen MR) is 141 cm³/mol. The molecule has 212 valence electrons. The van der Waals surface area contributed by atoms with E-state index in [1.807, 2.05) is 0 Å². The maximum atomic E-state index is 13.1. The van der Waals surface area contributed by atoms with Gasteiger partial charge in [0.15, 0.2) is 6.29 Å². The largest absolute Gasteiger partial charge is 0.462 e. The normalized spacial score (nSPS) is 57.3. The van der Waals surface area contributed by atoms with Gasteiger partial charge in [-0.1, -0.05) is 27.7 Å². The molecule has 7 rings (SSSR count). The maximum Gasteiger partial charge on any atom is 0.302 e. The first kappa shape index (κ1) is 26.0. The first-order valence-electron chi connectivity index (χ1n) is 15.4. The van der Waals surface area contributed by atoms with Gasteiger partial charge in [-0.25, -0.2) is 0 Å². The fraction of sp³-hybridized carbons (Fsp3) is 0.938. The number of carbonyl (C=O) groups excluding carboxylic acids is 2. The third-order valence-corrected chi connectivity index (χ3v) is 14.3. The van der Waals surface area contributed by atoms with Gasteiger partial charge in [-0.15, -0.1) is 0 Å². The summed E-state index contributed by atoms with van der Waals surface area (Å²) < 4.78 is 18.3. The number of epoxide rings is 1. The molecule has 2 aliphatic heterocycles. The second-order valence-electron chi connectivity index (χ2n) is 16.1. The minimum absolute atomic E-state index is 0.0211. The van der Waals surface area contributed by atoms with Crippen molar-refractivity contribution in [3.05, 3.63) is 0 Å². The van der Waals surface area contributed by atoms with Gasteiger partial charge >= 0.3 is 5.97 Å². The Bertz CT molecular complexity index is 1080. The number of Topliss-reactive ketones (excluding diaryl/α,β-unsaturated/α-hetero) is 1. The molecule has 12 atom stereocenters. The Hall–Kier alpha value is -0.980.